The molecule has 2 rings (SSSR count). The van der Waals surface area contributed by atoms with E-state index >= 15 is 0 Å². The van der Waals surface area contributed by atoms with Gasteiger partial charge in [0.15, 0.2) is 0 Å². The minimum atomic E-state index is -0.712. The summed E-state index contributed by atoms with van der Waals surface area (Å²) in [6, 6.07) is 3.54. The summed E-state index contributed by atoms with van der Waals surface area (Å²) in [6.07, 6.45) is 1.13. The largest absolute Gasteiger partial charge is 0.381 e. The molecule has 1 saturated heterocycles. The van der Waals surface area contributed by atoms with Gasteiger partial charge in [0.05, 0.1) is 0 Å². The van der Waals surface area contributed by atoms with Crippen LogP contribution in [0, 0.1) is 11.6 Å². The third-order valence-electron chi connectivity index (χ3n) is 2.85. The first-order valence-corrected chi connectivity index (χ1v) is 4.94. The molecule has 5 heteroatoms. The summed E-state index contributed by atoms with van der Waals surface area (Å²) >= 11 is 0. The summed E-state index contributed by atoms with van der Waals surface area (Å²) < 4.78 is 31.4. The molecular formula is C11H14ClF2NO. The van der Waals surface area contributed by atoms with Gasteiger partial charge in [-0.3, -0.25) is 0 Å². The summed E-state index contributed by atoms with van der Waals surface area (Å²) in [6.45, 7) is 1.04. The lowest BCUT2D eigenvalue weighted by Crippen LogP contribution is -2.42. The van der Waals surface area contributed by atoms with Gasteiger partial charge in [0, 0.05) is 30.4 Å². The molecule has 1 aromatic carbocycles. The lowest BCUT2D eigenvalue weighted by atomic mass is 9.83. The molecule has 90 valence electrons. The maximum atomic E-state index is 13.5. The fourth-order valence-electron chi connectivity index (χ4n) is 1.90. The van der Waals surface area contributed by atoms with E-state index < -0.39 is 17.2 Å². The molecule has 2 nitrogen and oxygen atoms in total. The standard InChI is InChI=1S/C11H13F2NO.ClH/c12-8-1-2-9(10(13)7-8)11(14)3-5-15-6-4-11;/h1-2,7H,3-6,14H2;1H. The Labute approximate surface area is 99.2 Å². The van der Waals surface area contributed by atoms with Crippen molar-refractivity contribution in [2.24, 2.45) is 5.73 Å². The van der Waals surface area contributed by atoms with E-state index in [1.165, 1.54) is 12.1 Å². The zero-order valence-electron chi connectivity index (χ0n) is 8.71. The van der Waals surface area contributed by atoms with Crippen molar-refractivity contribution in [3.8, 4) is 0 Å². The highest BCUT2D eigenvalue weighted by Crippen LogP contribution is 2.31. The Morgan fingerprint density at radius 1 is 1.19 bits per heavy atom. The Balaban J connectivity index is 0.00000128. The van der Waals surface area contributed by atoms with E-state index in [4.69, 9.17) is 10.5 Å². The highest BCUT2D eigenvalue weighted by atomic mass is 35.5. The Morgan fingerprint density at radius 2 is 1.81 bits per heavy atom. The minimum Gasteiger partial charge on any atom is -0.381 e. The van der Waals surface area contributed by atoms with Crippen LogP contribution in [0.2, 0.25) is 0 Å². The van der Waals surface area contributed by atoms with Crippen LogP contribution >= 0.6 is 12.4 Å². The van der Waals surface area contributed by atoms with Gasteiger partial charge in [-0.15, -0.1) is 12.4 Å². The van der Waals surface area contributed by atoms with E-state index in [0.29, 0.717) is 31.6 Å². The van der Waals surface area contributed by atoms with Gasteiger partial charge in [-0.1, -0.05) is 6.07 Å². The molecule has 1 aliphatic rings. The topological polar surface area (TPSA) is 35.2 Å². The normalized spacial score (nSPS) is 18.9. The Bertz CT molecular complexity index is 367. The van der Waals surface area contributed by atoms with Gasteiger partial charge in [-0.2, -0.15) is 0 Å². The first kappa shape index (κ1) is 13.4. The van der Waals surface area contributed by atoms with Crippen molar-refractivity contribution < 1.29 is 13.5 Å². The molecule has 1 heterocycles. The van der Waals surface area contributed by atoms with Crippen LogP contribution in [0.4, 0.5) is 8.78 Å². The summed E-state index contributed by atoms with van der Waals surface area (Å²) in [5.41, 5.74) is 5.76. The number of rotatable bonds is 1. The molecule has 1 aromatic rings. The number of hydrogen-bond acceptors (Lipinski definition) is 2. The lowest BCUT2D eigenvalue weighted by molar-refractivity contribution is 0.0510. The van der Waals surface area contributed by atoms with Gasteiger partial charge in [0.1, 0.15) is 11.6 Å². The third-order valence-corrected chi connectivity index (χ3v) is 2.85. The molecule has 0 aromatic heterocycles. The molecule has 16 heavy (non-hydrogen) atoms. The SMILES string of the molecule is Cl.NC1(c2ccc(F)cc2F)CCOCC1. The molecule has 0 aliphatic carbocycles. The van der Waals surface area contributed by atoms with Gasteiger partial charge in [0.2, 0.25) is 0 Å². The molecule has 0 amide bonds. The molecule has 1 aliphatic heterocycles. The van der Waals surface area contributed by atoms with Crippen molar-refractivity contribution in [2.75, 3.05) is 13.2 Å². The summed E-state index contributed by atoms with van der Waals surface area (Å²) in [4.78, 5) is 0. The molecule has 0 spiro atoms. The zero-order valence-corrected chi connectivity index (χ0v) is 9.53. The van der Waals surface area contributed by atoms with Gasteiger partial charge >= 0.3 is 0 Å². The van der Waals surface area contributed by atoms with Gasteiger partial charge in [-0.05, 0) is 18.9 Å². The van der Waals surface area contributed by atoms with E-state index in [2.05, 4.69) is 0 Å². The van der Waals surface area contributed by atoms with E-state index in [-0.39, 0.29) is 12.4 Å². The monoisotopic (exact) mass is 249 g/mol. The van der Waals surface area contributed by atoms with Crippen LogP contribution in [-0.2, 0) is 10.3 Å². The second-order valence-electron chi connectivity index (χ2n) is 3.89. The predicted molar refractivity (Wildman–Crippen MR) is 59.5 cm³/mol. The van der Waals surface area contributed by atoms with Gasteiger partial charge in [-0.25, -0.2) is 8.78 Å². The van der Waals surface area contributed by atoms with E-state index in [9.17, 15) is 8.78 Å². The van der Waals surface area contributed by atoms with Crippen molar-refractivity contribution in [1.29, 1.82) is 0 Å². The summed E-state index contributed by atoms with van der Waals surface area (Å²) in [5.74, 6) is -1.15. The highest BCUT2D eigenvalue weighted by Gasteiger charge is 2.32. The van der Waals surface area contributed by atoms with Crippen LogP contribution in [0.1, 0.15) is 18.4 Å². The van der Waals surface area contributed by atoms with E-state index in [1.54, 1.807) is 0 Å². The number of benzene rings is 1. The van der Waals surface area contributed by atoms with Crippen LogP contribution in [0.5, 0.6) is 0 Å². The van der Waals surface area contributed by atoms with Gasteiger partial charge < -0.3 is 10.5 Å². The Morgan fingerprint density at radius 3 is 2.38 bits per heavy atom. The molecule has 0 radical (unpaired) electrons. The number of nitrogens with two attached hydrogens (primary N) is 1. The maximum absolute atomic E-state index is 13.5. The van der Waals surface area contributed by atoms with Crippen LogP contribution in [0.3, 0.4) is 0 Å². The average Bonchev–Trinajstić information content (AvgIpc) is 2.18. The van der Waals surface area contributed by atoms with Crippen LogP contribution < -0.4 is 5.73 Å². The van der Waals surface area contributed by atoms with Crippen LogP contribution in [0.25, 0.3) is 0 Å². The Kier molecular flexibility index (Phi) is 4.24. The summed E-state index contributed by atoms with van der Waals surface area (Å²) in [5, 5.41) is 0. The fraction of sp³-hybridized carbons (Fsp3) is 0.455. The lowest BCUT2D eigenvalue weighted by Gasteiger charge is -2.34. The second-order valence-corrected chi connectivity index (χ2v) is 3.89. The number of halogens is 3. The highest BCUT2D eigenvalue weighted by molar-refractivity contribution is 5.85. The van der Waals surface area contributed by atoms with Crippen LogP contribution in [0.15, 0.2) is 18.2 Å². The van der Waals surface area contributed by atoms with Crippen molar-refractivity contribution in [2.45, 2.75) is 18.4 Å². The molecule has 1 fully saturated rings. The minimum absolute atomic E-state index is 0. The van der Waals surface area contributed by atoms with Crippen molar-refractivity contribution in [3.05, 3.63) is 35.4 Å². The van der Waals surface area contributed by atoms with E-state index in [1.807, 2.05) is 0 Å². The molecular weight excluding hydrogens is 236 g/mol. The van der Waals surface area contributed by atoms with Crippen LogP contribution in [-0.4, -0.2) is 13.2 Å². The Hall–Kier alpha value is -0.710. The molecule has 0 atom stereocenters. The molecule has 0 saturated carbocycles. The van der Waals surface area contributed by atoms with Crippen molar-refractivity contribution >= 4 is 12.4 Å². The smallest absolute Gasteiger partial charge is 0.131 e. The zero-order chi connectivity index (χ0) is 10.9. The second kappa shape index (κ2) is 5.08. The molecule has 0 bridgehead atoms. The van der Waals surface area contributed by atoms with Gasteiger partial charge in [0.25, 0.3) is 0 Å². The maximum Gasteiger partial charge on any atom is 0.131 e. The summed E-state index contributed by atoms with van der Waals surface area (Å²) in [7, 11) is 0. The van der Waals surface area contributed by atoms with Crippen molar-refractivity contribution in [3.63, 3.8) is 0 Å². The predicted octanol–water partition coefficient (Wildman–Crippen LogP) is 2.35. The van der Waals surface area contributed by atoms with Crippen molar-refractivity contribution in [1.82, 2.24) is 0 Å². The molecule has 2 N–H and O–H groups in total. The third kappa shape index (κ3) is 2.51. The molecule has 0 unspecified atom stereocenters. The fourth-order valence-corrected chi connectivity index (χ4v) is 1.90. The number of hydrogen-bond donors (Lipinski definition) is 1. The first-order chi connectivity index (χ1) is 7.12. The van der Waals surface area contributed by atoms with E-state index in [0.717, 1.165) is 6.07 Å². The quantitative estimate of drug-likeness (QED) is 0.829. The first-order valence-electron chi connectivity index (χ1n) is 4.94. The average molecular weight is 250 g/mol. The number of ether oxygens (including phenoxy) is 1.